The molecule has 0 saturated heterocycles. The molecule has 0 fully saturated rings. The number of pyridine rings is 1. The molecule has 1 unspecified atom stereocenters. The van der Waals surface area contributed by atoms with Gasteiger partial charge in [-0.2, -0.15) is 4.57 Å². The number of nitrogens with zero attached hydrogens (tertiary/aromatic N) is 2. The Morgan fingerprint density at radius 3 is 2.65 bits per heavy atom. The van der Waals surface area contributed by atoms with Gasteiger partial charge in [0.1, 0.15) is 6.54 Å². The summed E-state index contributed by atoms with van der Waals surface area (Å²) < 4.78 is 2.43. The van der Waals surface area contributed by atoms with Gasteiger partial charge >= 0.3 is 0 Å². The van der Waals surface area contributed by atoms with Gasteiger partial charge in [-0.1, -0.05) is 49.4 Å². The Morgan fingerprint density at radius 2 is 1.81 bits per heavy atom. The van der Waals surface area contributed by atoms with Gasteiger partial charge in [-0.3, -0.25) is 0 Å². The van der Waals surface area contributed by atoms with Crippen molar-refractivity contribution in [3.63, 3.8) is 0 Å². The highest BCUT2D eigenvalue weighted by Gasteiger charge is 2.28. The van der Waals surface area contributed by atoms with E-state index < -0.39 is 0 Å². The number of aryl methyl sites for hydroxylation is 1. The molecule has 1 aliphatic rings. The lowest BCUT2D eigenvalue weighted by molar-refractivity contribution is -0.671. The molecule has 3 heteroatoms. The topological polar surface area (TPSA) is 7.12 Å². The van der Waals surface area contributed by atoms with Crippen molar-refractivity contribution in [2.24, 2.45) is 0 Å². The van der Waals surface area contributed by atoms with E-state index in [0.717, 1.165) is 13.0 Å². The molecule has 0 bridgehead atoms. The molecule has 0 saturated carbocycles. The van der Waals surface area contributed by atoms with Crippen molar-refractivity contribution in [1.29, 1.82) is 0 Å². The minimum Gasteiger partial charge on any atom is -0.361 e. The van der Waals surface area contributed by atoms with E-state index in [2.05, 4.69) is 84.2 Å². The first-order valence-electron chi connectivity index (χ1n) is 9.66. The predicted molar refractivity (Wildman–Crippen MR) is 112 cm³/mol. The largest absolute Gasteiger partial charge is 0.361 e. The maximum Gasteiger partial charge on any atom is 0.212 e. The van der Waals surface area contributed by atoms with Gasteiger partial charge in [0.15, 0.2) is 6.20 Å². The van der Waals surface area contributed by atoms with E-state index in [9.17, 15) is 0 Å². The Bertz CT molecular complexity index is 906. The number of unbranched alkanes of at least 4 members (excludes halogenated alkanes) is 2. The van der Waals surface area contributed by atoms with Crippen LogP contribution in [0.25, 0.3) is 10.9 Å². The number of likely N-dealkylation sites (N-methyl/N-ethyl adjacent to an activating group) is 1. The van der Waals surface area contributed by atoms with Crippen LogP contribution in [0.1, 0.15) is 31.7 Å². The van der Waals surface area contributed by atoms with Gasteiger partial charge in [-0.25, -0.2) is 0 Å². The van der Waals surface area contributed by atoms with Crippen LogP contribution in [0.5, 0.6) is 0 Å². The number of hydrogen-bond donors (Lipinski definition) is 0. The van der Waals surface area contributed by atoms with Crippen LogP contribution in [0.15, 0.2) is 65.7 Å². The molecule has 134 valence electrons. The summed E-state index contributed by atoms with van der Waals surface area (Å²) in [7, 11) is 2.22. The minimum atomic E-state index is 0.465. The van der Waals surface area contributed by atoms with E-state index in [-0.39, 0.29) is 0 Å². The quantitative estimate of drug-likeness (QED) is 0.426. The number of thioether (sulfide) groups is 1. The predicted octanol–water partition coefficient (Wildman–Crippen LogP) is 5.43. The van der Waals surface area contributed by atoms with E-state index in [1.165, 1.54) is 46.3 Å². The van der Waals surface area contributed by atoms with E-state index in [1.54, 1.807) is 0 Å². The van der Waals surface area contributed by atoms with Gasteiger partial charge < -0.3 is 4.90 Å². The normalized spacial score (nSPS) is 16.2. The van der Waals surface area contributed by atoms with Gasteiger partial charge in [-0.05, 0) is 30.2 Å². The monoisotopic (exact) mass is 363 g/mol. The van der Waals surface area contributed by atoms with Crippen molar-refractivity contribution in [3.8, 4) is 0 Å². The third-order valence-electron chi connectivity index (χ3n) is 5.35. The Labute approximate surface area is 160 Å². The van der Waals surface area contributed by atoms with Crippen LogP contribution in [-0.2, 0) is 13.0 Å². The third-order valence-corrected chi connectivity index (χ3v) is 6.71. The maximum absolute atomic E-state index is 2.43. The van der Waals surface area contributed by atoms with Crippen LogP contribution in [0, 0.1) is 0 Å². The van der Waals surface area contributed by atoms with Crippen molar-refractivity contribution in [2.75, 3.05) is 11.9 Å². The summed E-state index contributed by atoms with van der Waals surface area (Å²) in [6.07, 6.45) is 7.17. The molecule has 0 spiro atoms. The summed E-state index contributed by atoms with van der Waals surface area (Å²) in [5.74, 6) is 0. The molecule has 1 aromatic heterocycles. The second kappa shape index (κ2) is 7.71. The molecule has 4 rings (SSSR count). The average molecular weight is 364 g/mol. The fourth-order valence-corrected chi connectivity index (χ4v) is 5.16. The number of rotatable bonds is 6. The second-order valence-corrected chi connectivity index (χ2v) is 8.33. The summed E-state index contributed by atoms with van der Waals surface area (Å²) >= 11 is 1.99. The van der Waals surface area contributed by atoms with Crippen molar-refractivity contribution in [1.82, 2.24) is 0 Å². The van der Waals surface area contributed by atoms with Crippen LogP contribution < -0.4 is 9.47 Å². The lowest BCUT2D eigenvalue weighted by atomic mass is 10.1. The smallest absolute Gasteiger partial charge is 0.212 e. The molecular formula is C23H27N2S+. The molecule has 0 N–H and O–H groups in total. The molecular weight excluding hydrogens is 336 g/mol. The van der Waals surface area contributed by atoms with E-state index in [4.69, 9.17) is 0 Å². The Hall–Kier alpha value is -2.00. The number of aromatic nitrogens is 1. The van der Waals surface area contributed by atoms with Gasteiger partial charge in [0.05, 0.1) is 11.1 Å². The number of anilines is 1. The maximum atomic E-state index is 2.43. The molecule has 0 amide bonds. The fourth-order valence-electron chi connectivity index (χ4n) is 3.85. The molecule has 1 aliphatic heterocycles. The zero-order valence-electron chi connectivity index (χ0n) is 15.7. The van der Waals surface area contributed by atoms with Crippen LogP contribution in [-0.4, -0.2) is 12.4 Å². The molecule has 3 aromatic rings. The summed E-state index contributed by atoms with van der Waals surface area (Å²) in [6.45, 7) is 3.37. The summed E-state index contributed by atoms with van der Waals surface area (Å²) in [5, 5.41) is 1.86. The van der Waals surface area contributed by atoms with Gasteiger partial charge in [0.25, 0.3) is 0 Å². The lowest BCUT2D eigenvalue weighted by Gasteiger charge is -2.22. The van der Waals surface area contributed by atoms with Crippen LogP contribution >= 0.6 is 11.8 Å². The lowest BCUT2D eigenvalue weighted by Crippen LogP contribution is -2.35. The Balaban J connectivity index is 1.61. The van der Waals surface area contributed by atoms with Gasteiger partial charge in [-0.15, -0.1) is 0 Å². The van der Waals surface area contributed by atoms with Crippen molar-refractivity contribution >= 4 is 28.4 Å². The number of hydrogen-bond acceptors (Lipinski definition) is 2. The zero-order valence-corrected chi connectivity index (χ0v) is 16.5. The highest BCUT2D eigenvalue weighted by Crippen LogP contribution is 2.43. The summed E-state index contributed by atoms with van der Waals surface area (Å²) in [4.78, 5) is 3.83. The first-order valence-corrected chi connectivity index (χ1v) is 10.5. The number of fused-ring (bicyclic) bond motifs is 2. The Kier molecular flexibility index (Phi) is 5.16. The third kappa shape index (κ3) is 3.33. The highest BCUT2D eigenvalue weighted by molar-refractivity contribution is 8.00. The number of benzene rings is 2. The molecule has 2 nitrogen and oxygen atoms in total. The van der Waals surface area contributed by atoms with E-state index in [1.807, 2.05) is 11.8 Å². The molecule has 0 radical (unpaired) electrons. The molecule has 0 aliphatic carbocycles. The molecule has 1 atom stereocenters. The van der Waals surface area contributed by atoms with E-state index in [0.29, 0.717) is 5.37 Å². The fraction of sp³-hybridized carbons (Fsp3) is 0.348. The standard InChI is InChI=1S/C23H27N2S/c1-3-4-9-15-25-16-14-18(19-10-5-6-11-20(19)25)17-23-24(2)21-12-7-8-13-22(21)26-23/h5-8,10-14,16,23H,3-4,9,15,17H2,1-2H3/q+1. The second-order valence-electron chi connectivity index (χ2n) is 7.11. The van der Waals surface area contributed by atoms with E-state index >= 15 is 0 Å². The number of para-hydroxylation sites is 2. The molecule has 2 heterocycles. The average Bonchev–Trinajstić information content (AvgIpc) is 2.99. The summed E-state index contributed by atoms with van der Waals surface area (Å²) in [6, 6.07) is 20.0. The van der Waals surface area contributed by atoms with Crippen molar-refractivity contribution in [3.05, 3.63) is 66.4 Å². The SMILES string of the molecule is CCCCC[n+]1ccc(CC2Sc3ccccc3N2C)c2ccccc21. The minimum absolute atomic E-state index is 0.465. The molecule has 2 aromatic carbocycles. The first kappa shape index (κ1) is 17.4. The van der Waals surface area contributed by atoms with Crippen molar-refractivity contribution < 1.29 is 4.57 Å². The summed E-state index contributed by atoms with van der Waals surface area (Å²) in [5.41, 5.74) is 4.17. The van der Waals surface area contributed by atoms with Gasteiger partial charge in [0.2, 0.25) is 5.52 Å². The Morgan fingerprint density at radius 1 is 1.00 bits per heavy atom. The van der Waals surface area contributed by atoms with Crippen LogP contribution in [0.3, 0.4) is 0 Å². The molecule has 26 heavy (non-hydrogen) atoms. The first-order chi connectivity index (χ1) is 12.8. The zero-order chi connectivity index (χ0) is 17.9. The van der Waals surface area contributed by atoms with Gasteiger partial charge in [0, 0.05) is 42.3 Å². The van der Waals surface area contributed by atoms with Crippen molar-refractivity contribution in [2.45, 2.75) is 49.4 Å². The van der Waals surface area contributed by atoms with Crippen LogP contribution in [0.4, 0.5) is 5.69 Å². The highest BCUT2D eigenvalue weighted by atomic mass is 32.2. The van der Waals surface area contributed by atoms with Crippen LogP contribution in [0.2, 0.25) is 0 Å².